The molecule has 1 aliphatic rings. The van der Waals surface area contributed by atoms with Crippen LogP contribution >= 0.6 is 0 Å². The van der Waals surface area contributed by atoms with Crippen LogP contribution in [0.1, 0.15) is 56.7 Å². The van der Waals surface area contributed by atoms with E-state index in [0.29, 0.717) is 18.1 Å². The minimum Gasteiger partial charge on any atom is -0.299 e. The lowest BCUT2D eigenvalue weighted by molar-refractivity contribution is -0.122. The Morgan fingerprint density at radius 1 is 1.22 bits per heavy atom. The van der Waals surface area contributed by atoms with Crippen LogP contribution in [0.5, 0.6) is 0 Å². The van der Waals surface area contributed by atoms with Gasteiger partial charge in [0.2, 0.25) is 0 Å². The van der Waals surface area contributed by atoms with Crippen molar-refractivity contribution in [1.82, 2.24) is 4.98 Å². The second-order valence-corrected chi connectivity index (χ2v) is 5.34. The predicted molar refractivity (Wildman–Crippen MR) is 73.5 cm³/mol. The minimum atomic E-state index is 0.292. The van der Waals surface area contributed by atoms with Crippen LogP contribution in [0.4, 0.5) is 0 Å². The average Bonchev–Trinajstić information content (AvgIpc) is 2.68. The highest BCUT2D eigenvalue weighted by molar-refractivity contribution is 5.82. The van der Waals surface area contributed by atoms with Crippen LogP contribution in [-0.2, 0) is 17.6 Å². The molecule has 18 heavy (non-hydrogen) atoms. The number of Topliss-reactive ketones (excluding diaryl/α,β-unsaturated/α-hetero) is 1. The summed E-state index contributed by atoms with van der Waals surface area (Å²) >= 11 is 0. The summed E-state index contributed by atoms with van der Waals surface area (Å²) in [6.45, 7) is 2.12. The molecule has 0 aromatic carbocycles. The van der Waals surface area contributed by atoms with Crippen molar-refractivity contribution in [1.29, 1.82) is 0 Å². The highest BCUT2D eigenvalue weighted by atomic mass is 16.1. The quantitative estimate of drug-likeness (QED) is 0.757. The van der Waals surface area contributed by atoms with Crippen LogP contribution in [-0.4, -0.2) is 10.8 Å². The van der Waals surface area contributed by atoms with Crippen molar-refractivity contribution in [2.24, 2.45) is 5.92 Å². The van der Waals surface area contributed by atoms with Gasteiger partial charge in [0.05, 0.1) is 0 Å². The van der Waals surface area contributed by atoms with Gasteiger partial charge in [0.25, 0.3) is 0 Å². The van der Waals surface area contributed by atoms with Crippen LogP contribution < -0.4 is 0 Å². The molecular formula is C16H23NO. The Bertz CT molecular complexity index is 375. The predicted octanol–water partition coefficient (Wildman–Crippen LogP) is 3.73. The van der Waals surface area contributed by atoms with Gasteiger partial charge in [-0.1, -0.05) is 38.7 Å². The van der Waals surface area contributed by atoms with Gasteiger partial charge in [0, 0.05) is 24.2 Å². The van der Waals surface area contributed by atoms with Gasteiger partial charge in [0.15, 0.2) is 0 Å². The summed E-state index contributed by atoms with van der Waals surface area (Å²) in [7, 11) is 0. The molecular weight excluding hydrogens is 222 g/mol. The fraction of sp³-hybridized carbons (Fsp3) is 0.625. The molecule has 2 rings (SSSR count). The summed E-state index contributed by atoms with van der Waals surface area (Å²) in [5.41, 5.74) is 2.17. The summed E-state index contributed by atoms with van der Waals surface area (Å²) in [4.78, 5) is 16.6. The van der Waals surface area contributed by atoms with Gasteiger partial charge < -0.3 is 0 Å². The molecule has 1 aromatic heterocycles. The largest absolute Gasteiger partial charge is 0.299 e. The van der Waals surface area contributed by atoms with E-state index in [2.05, 4.69) is 18.0 Å². The maximum Gasteiger partial charge on any atom is 0.141 e. The number of rotatable bonds is 4. The van der Waals surface area contributed by atoms with Crippen molar-refractivity contribution in [2.75, 3.05) is 0 Å². The highest BCUT2D eigenvalue weighted by Crippen LogP contribution is 2.24. The Morgan fingerprint density at radius 3 is 2.50 bits per heavy atom. The van der Waals surface area contributed by atoms with E-state index in [-0.39, 0.29) is 0 Å². The molecule has 0 amide bonds. The molecule has 0 N–H and O–H groups in total. The normalized spacial score (nSPS) is 17.4. The summed E-state index contributed by atoms with van der Waals surface area (Å²) in [5.74, 6) is 0.689. The van der Waals surface area contributed by atoms with E-state index in [1.165, 1.54) is 31.2 Å². The maximum absolute atomic E-state index is 12.2. The topological polar surface area (TPSA) is 30.0 Å². The molecule has 1 aromatic rings. The number of ketones is 1. The standard InChI is InChI=1S/C16H23NO/c1-2-13-9-10-15(17-12-13)11-16(18)14-7-5-3-4-6-8-14/h9-10,12,14H,2-8,11H2,1H3. The minimum absolute atomic E-state index is 0.292. The van der Waals surface area contributed by atoms with Crippen molar-refractivity contribution in [2.45, 2.75) is 58.3 Å². The van der Waals surface area contributed by atoms with E-state index in [4.69, 9.17) is 0 Å². The Hall–Kier alpha value is -1.18. The number of aromatic nitrogens is 1. The van der Waals surface area contributed by atoms with Gasteiger partial charge in [-0.15, -0.1) is 0 Å². The van der Waals surface area contributed by atoms with Gasteiger partial charge in [-0.2, -0.15) is 0 Å². The van der Waals surface area contributed by atoms with Gasteiger partial charge in [-0.25, -0.2) is 0 Å². The first-order valence-electron chi connectivity index (χ1n) is 7.26. The Kier molecular flexibility index (Phi) is 4.91. The molecule has 1 aliphatic carbocycles. The lowest BCUT2D eigenvalue weighted by atomic mass is 9.92. The van der Waals surface area contributed by atoms with Crippen LogP contribution in [0.3, 0.4) is 0 Å². The van der Waals surface area contributed by atoms with Crippen molar-refractivity contribution < 1.29 is 4.79 Å². The number of aryl methyl sites for hydroxylation is 1. The summed E-state index contributed by atoms with van der Waals surface area (Å²) < 4.78 is 0. The molecule has 0 aliphatic heterocycles. The number of pyridine rings is 1. The first-order chi connectivity index (χ1) is 8.79. The van der Waals surface area contributed by atoms with E-state index in [0.717, 1.165) is 25.0 Å². The van der Waals surface area contributed by atoms with Gasteiger partial charge >= 0.3 is 0 Å². The third kappa shape index (κ3) is 3.66. The molecule has 0 bridgehead atoms. The molecule has 0 radical (unpaired) electrons. The Morgan fingerprint density at radius 2 is 1.94 bits per heavy atom. The van der Waals surface area contributed by atoms with Crippen LogP contribution in [0.15, 0.2) is 18.3 Å². The second kappa shape index (κ2) is 6.67. The second-order valence-electron chi connectivity index (χ2n) is 5.34. The van der Waals surface area contributed by atoms with Crippen LogP contribution in [0.25, 0.3) is 0 Å². The van der Waals surface area contributed by atoms with Crippen LogP contribution in [0, 0.1) is 5.92 Å². The zero-order valence-corrected chi connectivity index (χ0v) is 11.3. The smallest absolute Gasteiger partial charge is 0.141 e. The summed E-state index contributed by atoms with van der Waals surface area (Å²) in [6.07, 6.45) is 10.6. The number of nitrogens with zero attached hydrogens (tertiary/aromatic N) is 1. The number of hydrogen-bond donors (Lipinski definition) is 0. The van der Waals surface area contributed by atoms with Crippen molar-refractivity contribution in [3.63, 3.8) is 0 Å². The first-order valence-corrected chi connectivity index (χ1v) is 7.26. The molecule has 2 heteroatoms. The van der Waals surface area contributed by atoms with E-state index in [1.54, 1.807) is 0 Å². The third-order valence-corrected chi connectivity index (χ3v) is 3.96. The lowest BCUT2D eigenvalue weighted by Gasteiger charge is -2.12. The summed E-state index contributed by atoms with van der Waals surface area (Å²) in [5, 5.41) is 0. The van der Waals surface area contributed by atoms with Crippen molar-refractivity contribution in [3.05, 3.63) is 29.6 Å². The molecule has 2 nitrogen and oxygen atoms in total. The Labute approximate surface area is 110 Å². The zero-order valence-electron chi connectivity index (χ0n) is 11.3. The highest BCUT2D eigenvalue weighted by Gasteiger charge is 2.20. The summed E-state index contributed by atoms with van der Waals surface area (Å²) in [6, 6.07) is 4.09. The van der Waals surface area contributed by atoms with Gasteiger partial charge in [0.1, 0.15) is 5.78 Å². The van der Waals surface area contributed by atoms with E-state index >= 15 is 0 Å². The van der Waals surface area contributed by atoms with Crippen molar-refractivity contribution >= 4 is 5.78 Å². The molecule has 1 fully saturated rings. The SMILES string of the molecule is CCc1ccc(CC(=O)C2CCCCCC2)nc1. The molecule has 0 spiro atoms. The van der Waals surface area contributed by atoms with Gasteiger partial charge in [-0.3, -0.25) is 9.78 Å². The monoisotopic (exact) mass is 245 g/mol. The zero-order chi connectivity index (χ0) is 12.8. The Balaban J connectivity index is 1.92. The lowest BCUT2D eigenvalue weighted by Crippen LogP contribution is -2.16. The number of carbonyl (C=O) groups is 1. The molecule has 0 saturated heterocycles. The molecule has 98 valence electrons. The molecule has 0 atom stereocenters. The number of carbonyl (C=O) groups excluding carboxylic acids is 1. The fourth-order valence-corrected chi connectivity index (χ4v) is 2.69. The first kappa shape index (κ1) is 13.3. The van der Waals surface area contributed by atoms with Crippen molar-refractivity contribution in [3.8, 4) is 0 Å². The fourth-order valence-electron chi connectivity index (χ4n) is 2.69. The molecule has 1 saturated carbocycles. The molecule has 1 heterocycles. The van der Waals surface area contributed by atoms with Crippen LogP contribution in [0.2, 0.25) is 0 Å². The maximum atomic E-state index is 12.2. The third-order valence-electron chi connectivity index (χ3n) is 3.96. The average molecular weight is 245 g/mol. The van der Waals surface area contributed by atoms with Gasteiger partial charge in [-0.05, 0) is 30.9 Å². The number of hydrogen-bond acceptors (Lipinski definition) is 2. The molecule has 0 unspecified atom stereocenters. The van der Waals surface area contributed by atoms with E-state index in [9.17, 15) is 4.79 Å². The van der Waals surface area contributed by atoms with E-state index < -0.39 is 0 Å². The van der Waals surface area contributed by atoms with E-state index in [1.807, 2.05) is 12.3 Å².